The predicted octanol–water partition coefficient (Wildman–Crippen LogP) is 3.07. The van der Waals surface area contributed by atoms with Crippen molar-refractivity contribution in [1.82, 2.24) is 5.32 Å². The van der Waals surface area contributed by atoms with Crippen LogP contribution in [0.4, 0.5) is 0 Å². The zero-order chi connectivity index (χ0) is 14.6. The van der Waals surface area contributed by atoms with Crippen molar-refractivity contribution in [3.63, 3.8) is 0 Å². The summed E-state index contributed by atoms with van der Waals surface area (Å²) >= 11 is 0. The Morgan fingerprint density at radius 2 is 1.90 bits per heavy atom. The molecule has 3 heteroatoms. The fourth-order valence-corrected chi connectivity index (χ4v) is 3.22. The van der Waals surface area contributed by atoms with Crippen LogP contribution >= 0.6 is 0 Å². The van der Waals surface area contributed by atoms with E-state index in [1.165, 1.54) is 11.1 Å². The highest BCUT2D eigenvalue weighted by Crippen LogP contribution is 2.31. The van der Waals surface area contributed by atoms with E-state index < -0.39 is 0 Å². The van der Waals surface area contributed by atoms with E-state index in [2.05, 4.69) is 43.4 Å². The normalized spacial score (nSPS) is 22.3. The summed E-state index contributed by atoms with van der Waals surface area (Å²) in [5.41, 5.74) is 2.42. The van der Waals surface area contributed by atoms with Gasteiger partial charge in [0.1, 0.15) is 0 Å². The van der Waals surface area contributed by atoms with Crippen molar-refractivity contribution in [3.8, 4) is 0 Å². The first-order valence-electron chi connectivity index (χ1n) is 7.41. The molecule has 1 heterocycles. The van der Waals surface area contributed by atoms with Gasteiger partial charge in [0.05, 0.1) is 6.61 Å². The fourth-order valence-electron chi connectivity index (χ4n) is 3.22. The van der Waals surface area contributed by atoms with Gasteiger partial charge >= 0.3 is 0 Å². The lowest BCUT2D eigenvalue weighted by Crippen LogP contribution is -2.44. The molecule has 110 valence electrons. The van der Waals surface area contributed by atoms with E-state index in [9.17, 15) is 4.79 Å². The molecule has 1 aromatic rings. The lowest BCUT2D eigenvalue weighted by atomic mass is 9.82. The van der Waals surface area contributed by atoms with Gasteiger partial charge in [0, 0.05) is 19.1 Å². The number of hydrogen-bond donors (Lipinski definition) is 1. The highest BCUT2D eigenvalue weighted by molar-refractivity contribution is 5.79. The largest absolute Gasteiger partial charge is 0.380 e. The summed E-state index contributed by atoms with van der Waals surface area (Å²) in [6.07, 6.45) is 3.57. The molecule has 0 radical (unpaired) electrons. The van der Waals surface area contributed by atoms with Crippen molar-refractivity contribution in [2.45, 2.75) is 51.7 Å². The maximum Gasteiger partial charge on any atom is 0.220 e. The molecule has 1 amide bonds. The van der Waals surface area contributed by atoms with Crippen molar-refractivity contribution in [1.29, 1.82) is 0 Å². The lowest BCUT2D eigenvalue weighted by molar-refractivity contribution is -0.119. The Labute approximate surface area is 121 Å². The Hall–Kier alpha value is -1.35. The standard InChI is InChI=1S/C17H25NO2/c1-13(2)10-17(9-8-16(19)18-17)11-14-4-6-15(7-5-14)12-20-3/h4-7,13H,8-12H2,1-3H3,(H,18,19). The number of ether oxygens (including phenoxy) is 1. The predicted molar refractivity (Wildman–Crippen MR) is 80.4 cm³/mol. The van der Waals surface area contributed by atoms with Gasteiger partial charge in [0.2, 0.25) is 5.91 Å². The minimum Gasteiger partial charge on any atom is -0.380 e. The zero-order valence-corrected chi connectivity index (χ0v) is 12.7. The minimum absolute atomic E-state index is 0.0476. The van der Waals surface area contributed by atoms with Crippen LogP contribution in [0.15, 0.2) is 24.3 Å². The molecule has 1 aliphatic rings. The highest BCUT2D eigenvalue weighted by Gasteiger charge is 2.37. The number of benzene rings is 1. The second kappa shape index (κ2) is 6.40. The van der Waals surface area contributed by atoms with Gasteiger partial charge in [-0.05, 0) is 36.3 Å². The fraction of sp³-hybridized carbons (Fsp3) is 0.588. The van der Waals surface area contributed by atoms with Crippen LogP contribution in [0.2, 0.25) is 0 Å². The van der Waals surface area contributed by atoms with E-state index in [4.69, 9.17) is 4.74 Å². The number of carbonyl (C=O) groups is 1. The summed E-state index contributed by atoms with van der Waals surface area (Å²) < 4.78 is 5.13. The minimum atomic E-state index is -0.0476. The Morgan fingerprint density at radius 1 is 1.25 bits per heavy atom. The zero-order valence-electron chi connectivity index (χ0n) is 12.7. The maximum atomic E-state index is 11.6. The molecule has 1 atom stereocenters. The summed E-state index contributed by atoms with van der Waals surface area (Å²) in [5, 5.41) is 3.22. The molecular formula is C17H25NO2. The number of carbonyl (C=O) groups excluding carboxylic acids is 1. The Morgan fingerprint density at radius 3 is 2.40 bits per heavy atom. The van der Waals surface area contributed by atoms with Gasteiger partial charge in [0.25, 0.3) is 0 Å². The van der Waals surface area contributed by atoms with Gasteiger partial charge in [-0.3, -0.25) is 4.79 Å². The van der Waals surface area contributed by atoms with Gasteiger partial charge in [-0.15, -0.1) is 0 Å². The van der Waals surface area contributed by atoms with Crippen molar-refractivity contribution >= 4 is 5.91 Å². The molecule has 3 nitrogen and oxygen atoms in total. The van der Waals surface area contributed by atoms with Crippen molar-refractivity contribution in [3.05, 3.63) is 35.4 Å². The molecule has 0 bridgehead atoms. The first-order valence-corrected chi connectivity index (χ1v) is 7.41. The van der Waals surface area contributed by atoms with E-state index in [1.54, 1.807) is 7.11 Å². The number of rotatable bonds is 6. The van der Waals surface area contributed by atoms with Gasteiger partial charge < -0.3 is 10.1 Å². The molecule has 0 aliphatic carbocycles. The molecule has 1 saturated heterocycles. The molecule has 1 aliphatic heterocycles. The van der Waals surface area contributed by atoms with Gasteiger partial charge in [-0.25, -0.2) is 0 Å². The van der Waals surface area contributed by atoms with Crippen molar-refractivity contribution < 1.29 is 9.53 Å². The topological polar surface area (TPSA) is 38.3 Å². The van der Waals surface area contributed by atoms with E-state index in [0.717, 1.165) is 19.3 Å². The van der Waals surface area contributed by atoms with Gasteiger partial charge in [-0.1, -0.05) is 38.1 Å². The smallest absolute Gasteiger partial charge is 0.220 e. The molecule has 20 heavy (non-hydrogen) atoms. The van der Waals surface area contributed by atoms with Crippen LogP contribution in [-0.4, -0.2) is 18.6 Å². The molecule has 1 fully saturated rings. The lowest BCUT2D eigenvalue weighted by Gasteiger charge is -2.31. The van der Waals surface area contributed by atoms with Crippen LogP contribution < -0.4 is 5.32 Å². The Bertz CT molecular complexity index is 453. The summed E-state index contributed by atoms with van der Waals surface area (Å²) in [4.78, 5) is 11.6. The second-order valence-electron chi connectivity index (χ2n) is 6.35. The average molecular weight is 275 g/mol. The summed E-state index contributed by atoms with van der Waals surface area (Å²) in [5.74, 6) is 0.780. The van der Waals surface area contributed by atoms with Crippen LogP contribution in [0.5, 0.6) is 0 Å². The van der Waals surface area contributed by atoms with Gasteiger partial charge in [0.15, 0.2) is 0 Å². The molecule has 0 spiro atoms. The molecule has 1 N–H and O–H groups in total. The summed E-state index contributed by atoms with van der Waals surface area (Å²) in [6.45, 7) is 5.08. The van der Waals surface area contributed by atoms with Crippen LogP contribution in [0.25, 0.3) is 0 Å². The third-order valence-electron chi connectivity index (χ3n) is 3.91. The first-order chi connectivity index (χ1) is 9.53. The third-order valence-corrected chi connectivity index (χ3v) is 3.91. The molecule has 1 unspecified atom stereocenters. The molecule has 0 saturated carbocycles. The third kappa shape index (κ3) is 3.83. The number of hydrogen-bond acceptors (Lipinski definition) is 2. The summed E-state index contributed by atoms with van der Waals surface area (Å²) in [7, 11) is 1.71. The van der Waals surface area contributed by atoms with E-state index in [1.807, 2.05) is 0 Å². The average Bonchev–Trinajstić information content (AvgIpc) is 2.72. The highest BCUT2D eigenvalue weighted by atomic mass is 16.5. The first kappa shape index (κ1) is 15.0. The van der Waals surface area contributed by atoms with Crippen LogP contribution in [0.1, 0.15) is 44.2 Å². The van der Waals surface area contributed by atoms with Crippen LogP contribution in [-0.2, 0) is 22.6 Å². The van der Waals surface area contributed by atoms with E-state index >= 15 is 0 Å². The number of methoxy groups -OCH3 is 1. The Balaban J connectivity index is 2.09. The van der Waals surface area contributed by atoms with Crippen molar-refractivity contribution in [2.24, 2.45) is 5.92 Å². The Kier molecular flexibility index (Phi) is 4.81. The molecule has 1 aromatic carbocycles. The molecule has 0 aromatic heterocycles. The van der Waals surface area contributed by atoms with E-state index in [-0.39, 0.29) is 11.4 Å². The number of nitrogens with one attached hydrogen (secondary N) is 1. The number of amides is 1. The van der Waals surface area contributed by atoms with Crippen LogP contribution in [0, 0.1) is 5.92 Å². The summed E-state index contributed by atoms with van der Waals surface area (Å²) in [6, 6.07) is 8.53. The quantitative estimate of drug-likeness (QED) is 0.866. The second-order valence-corrected chi connectivity index (χ2v) is 6.35. The van der Waals surface area contributed by atoms with Crippen LogP contribution in [0.3, 0.4) is 0 Å². The van der Waals surface area contributed by atoms with Gasteiger partial charge in [-0.2, -0.15) is 0 Å². The molecule has 2 rings (SSSR count). The van der Waals surface area contributed by atoms with Crippen molar-refractivity contribution in [2.75, 3.05) is 7.11 Å². The monoisotopic (exact) mass is 275 g/mol. The van der Waals surface area contributed by atoms with E-state index in [0.29, 0.717) is 18.9 Å². The molecular weight excluding hydrogens is 250 g/mol. The SMILES string of the molecule is COCc1ccc(CC2(CC(C)C)CCC(=O)N2)cc1. The maximum absolute atomic E-state index is 11.6.